The highest BCUT2D eigenvalue weighted by molar-refractivity contribution is 7.98. The molecular formula is C12H13N3O3S. The summed E-state index contributed by atoms with van der Waals surface area (Å²) in [5, 5.41) is 17.1. The highest BCUT2D eigenvalue weighted by atomic mass is 32.2. The first-order chi connectivity index (χ1) is 9.09. The van der Waals surface area contributed by atoms with E-state index in [1.807, 2.05) is 0 Å². The summed E-state index contributed by atoms with van der Waals surface area (Å²) in [5.74, 6) is -0.566. The molecular weight excluding hydrogens is 266 g/mol. The maximum atomic E-state index is 12.1. The molecule has 100 valence electrons. The number of hydrogen-bond acceptors (Lipinski definition) is 5. The van der Waals surface area contributed by atoms with Crippen LogP contribution in [0.3, 0.4) is 0 Å². The number of carboxylic acid groups (broad SMARTS) is 1. The minimum Gasteiger partial charge on any atom is -0.481 e. The fraction of sp³-hybridized carbons (Fsp3) is 0.333. The zero-order chi connectivity index (χ0) is 13.8. The number of carboxylic acids is 1. The monoisotopic (exact) mass is 279 g/mol. The van der Waals surface area contributed by atoms with E-state index in [0.717, 1.165) is 0 Å². The molecule has 0 saturated heterocycles. The summed E-state index contributed by atoms with van der Waals surface area (Å²) in [6.07, 6.45) is 0. The Morgan fingerprint density at radius 1 is 1.47 bits per heavy atom. The number of aliphatic carboxylic acids is 1. The van der Waals surface area contributed by atoms with Crippen molar-refractivity contribution < 1.29 is 9.90 Å². The largest absolute Gasteiger partial charge is 0.481 e. The summed E-state index contributed by atoms with van der Waals surface area (Å²) in [5.41, 5.74) is 0.355. The van der Waals surface area contributed by atoms with Crippen molar-refractivity contribution in [3.63, 3.8) is 0 Å². The van der Waals surface area contributed by atoms with E-state index in [-0.39, 0.29) is 5.56 Å². The van der Waals surface area contributed by atoms with Gasteiger partial charge in [-0.25, -0.2) is 4.68 Å². The fourth-order valence-corrected chi connectivity index (χ4v) is 2.44. The van der Waals surface area contributed by atoms with E-state index < -0.39 is 11.9 Å². The highest BCUT2D eigenvalue weighted by Gasteiger charge is 2.11. The van der Waals surface area contributed by atoms with Crippen LogP contribution in [0.1, 0.15) is 6.92 Å². The zero-order valence-corrected chi connectivity index (χ0v) is 11.1. The van der Waals surface area contributed by atoms with Crippen LogP contribution in [0.2, 0.25) is 0 Å². The average molecular weight is 279 g/mol. The predicted octanol–water partition coefficient (Wildman–Crippen LogP) is 1.20. The molecule has 1 unspecified atom stereocenters. The van der Waals surface area contributed by atoms with Crippen molar-refractivity contribution in [2.24, 2.45) is 5.92 Å². The molecule has 0 aliphatic carbocycles. The predicted molar refractivity (Wildman–Crippen MR) is 73.1 cm³/mol. The van der Waals surface area contributed by atoms with Gasteiger partial charge < -0.3 is 5.11 Å². The maximum Gasteiger partial charge on any atom is 0.307 e. The van der Waals surface area contributed by atoms with Crippen LogP contribution in [0.25, 0.3) is 10.9 Å². The Labute approximate surface area is 113 Å². The number of nitrogens with zero attached hydrogens (tertiary/aromatic N) is 3. The number of thioether (sulfide) groups is 1. The number of aromatic nitrogens is 3. The molecule has 2 aromatic rings. The number of benzene rings is 1. The molecule has 0 fully saturated rings. The molecule has 7 heteroatoms. The van der Waals surface area contributed by atoms with Crippen LogP contribution in [-0.2, 0) is 10.7 Å². The number of hydrogen-bond donors (Lipinski definition) is 1. The van der Waals surface area contributed by atoms with Crippen molar-refractivity contribution in [1.29, 1.82) is 0 Å². The van der Waals surface area contributed by atoms with Gasteiger partial charge in [-0.2, -0.15) is 0 Å². The van der Waals surface area contributed by atoms with E-state index in [1.165, 1.54) is 16.4 Å². The van der Waals surface area contributed by atoms with Gasteiger partial charge in [0.15, 0.2) is 0 Å². The molecule has 1 atom stereocenters. The standard InChI is InChI=1S/C12H13N3O3S/c1-8(12(17)18)6-19-7-15-11(16)9-4-2-3-5-10(9)13-14-15/h2-5,8H,6-7H2,1H3,(H,17,18). The summed E-state index contributed by atoms with van der Waals surface area (Å²) in [6, 6.07) is 7.00. The number of rotatable bonds is 5. The van der Waals surface area contributed by atoms with Crippen LogP contribution < -0.4 is 5.56 Å². The molecule has 19 heavy (non-hydrogen) atoms. The molecule has 1 aromatic heterocycles. The van der Waals surface area contributed by atoms with E-state index in [1.54, 1.807) is 31.2 Å². The lowest BCUT2D eigenvalue weighted by Gasteiger charge is -2.07. The molecule has 1 heterocycles. The Balaban J connectivity index is 2.11. The fourth-order valence-electron chi connectivity index (χ4n) is 1.50. The third-order valence-electron chi connectivity index (χ3n) is 2.63. The first-order valence-corrected chi connectivity index (χ1v) is 6.88. The average Bonchev–Trinajstić information content (AvgIpc) is 2.41. The Kier molecular flexibility index (Phi) is 4.16. The Hall–Kier alpha value is -1.89. The van der Waals surface area contributed by atoms with E-state index in [0.29, 0.717) is 22.5 Å². The Bertz CT molecular complexity index is 656. The second kappa shape index (κ2) is 5.83. The van der Waals surface area contributed by atoms with Crippen molar-refractivity contribution in [2.75, 3.05) is 5.75 Å². The minimum atomic E-state index is -0.843. The van der Waals surface area contributed by atoms with Gasteiger partial charge in [0.05, 0.1) is 17.2 Å². The second-order valence-corrected chi connectivity index (χ2v) is 5.15. The molecule has 1 aromatic carbocycles. The third-order valence-corrected chi connectivity index (χ3v) is 3.80. The third kappa shape index (κ3) is 3.11. The van der Waals surface area contributed by atoms with E-state index in [4.69, 9.17) is 5.11 Å². The summed E-state index contributed by atoms with van der Waals surface area (Å²) in [4.78, 5) is 22.7. The molecule has 0 spiro atoms. The van der Waals surface area contributed by atoms with Crippen molar-refractivity contribution in [2.45, 2.75) is 12.8 Å². The van der Waals surface area contributed by atoms with Crippen LogP contribution in [0.5, 0.6) is 0 Å². The van der Waals surface area contributed by atoms with E-state index in [9.17, 15) is 9.59 Å². The van der Waals surface area contributed by atoms with Crippen LogP contribution >= 0.6 is 11.8 Å². The summed E-state index contributed by atoms with van der Waals surface area (Å²) >= 11 is 1.35. The molecule has 1 N–H and O–H groups in total. The van der Waals surface area contributed by atoms with Crippen LogP contribution in [0.4, 0.5) is 0 Å². The summed E-state index contributed by atoms with van der Waals surface area (Å²) in [6.45, 7) is 1.63. The lowest BCUT2D eigenvalue weighted by Crippen LogP contribution is -2.24. The Morgan fingerprint density at radius 3 is 2.95 bits per heavy atom. The zero-order valence-electron chi connectivity index (χ0n) is 10.3. The molecule has 0 saturated carbocycles. The summed E-state index contributed by atoms with van der Waals surface area (Å²) < 4.78 is 1.25. The van der Waals surface area contributed by atoms with E-state index in [2.05, 4.69) is 10.3 Å². The maximum absolute atomic E-state index is 12.1. The number of carbonyl (C=O) groups is 1. The van der Waals surface area contributed by atoms with E-state index >= 15 is 0 Å². The quantitative estimate of drug-likeness (QED) is 0.885. The molecule has 0 aliphatic heterocycles. The SMILES string of the molecule is CC(CSCn1nnc2ccccc2c1=O)C(=O)O. The van der Waals surface area contributed by atoms with Crippen LogP contribution in [0.15, 0.2) is 29.1 Å². The minimum absolute atomic E-state index is 0.207. The molecule has 2 rings (SSSR count). The lowest BCUT2D eigenvalue weighted by molar-refractivity contribution is -0.140. The van der Waals surface area contributed by atoms with Gasteiger partial charge in [0, 0.05) is 5.75 Å². The Morgan fingerprint density at radius 2 is 2.21 bits per heavy atom. The normalized spacial score (nSPS) is 12.5. The molecule has 0 amide bonds. The van der Waals surface area contributed by atoms with Gasteiger partial charge >= 0.3 is 5.97 Å². The smallest absolute Gasteiger partial charge is 0.307 e. The molecule has 0 bridgehead atoms. The second-order valence-electron chi connectivity index (χ2n) is 4.15. The summed E-state index contributed by atoms with van der Waals surface area (Å²) in [7, 11) is 0. The van der Waals surface area contributed by atoms with Gasteiger partial charge in [-0.15, -0.1) is 16.9 Å². The van der Waals surface area contributed by atoms with Crippen molar-refractivity contribution in [3.8, 4) is 0 Å². The van der Waals surface area contributed by atoms with Crippen molar-refractivity contribution >= 4 is 28.6 Å². The van der Waals surface area contributed by atoms with Gasteiger partial charge in [0.2, 0.25) is 0 Å². The van der Waals surface area contributed by atoms with Gasteiger partial charge in [-0.3, -0.25) is 9.59 Å². The molecule has 6 nitrogen and oxygen atoms in total. The first-order valence-electron chi connectivity index (χ1n) is 5.72. The van der Waals surface area contributed by atoms with Gasteiger partial charge in [0.1, 0.15) is 5.52 Å². The lowest BCUT2D eigenvalue weighted by atomic mass is 10.2. The topological polar surface area (TPSA) is 85.1 Å². The van der Waals surface area contributed by atoms with Gasteiger partial charge in [-0.1, -0.05) is 24.3 Å². The van der Waals surface area contributed by atoms with Gasteiger partial charge in [-0.05, 0) is 12.1 Å². The van der Waals surface area contributed by atoms with Gasteiger partial charge in [0.25, 0.3) is 5.56 Å². The highest BCUT2D eigenvalue weighted by Crippen LogP contribution is 2.10. The van der Waals surface area contributed by atoms with Crippen LogP contribution in [0, 0.1) is 5.92 Å². The van der Waals surface area contributed by atoms with Crippen molar-refractivity contribution in [1.82, 2.24) is 15.0 Å². The van der Waals surface area contributed by atoms with Crippen molar-refractivity contribution in [3.05, 3.63) is 34.6 Å². The number of fused-ring (bicyclic) bond motifs is 1. The van der Waals surface area contributed by atoms with Crippen LogP contribution in [-0.4, -0.2) is 31.8 Å². The molecule has 0 aliphatic rings. The first kappa shape index (κ1) is 13.5. The molecule has 0 radical (unpaired) electrons.